The molecular formula is C21H29IN4O3S. The summed E-state index contributed by atoms with van der Waals surface area (Å²) in [6.45, 7) is 7.76. The summed E-state index contributed by atoms with van der Waals surface area (Å²) in [4.78, 5) is 17.8. The highest BCUT2D eigenvalue weighted by Gasteiger charge is 2.14. The monoisotopic (exact) mass is 544 g/mol. The lowest BCUT2D eigenvalue weighted by Crippen LogP contribution is -2.42. The van der Waals surface area contributed by atoms with Gasteiger partial charge in [0.05, 0.1) is 19.8 Å². The maximum Gasteiger partial charge on any atom is 0.242 e. The number of guanidine groups is 1. The van der Waals surface area contributed by atoms with Gasteiger partial charge >= 0.3 is 0 Å². The Hall–Kier alpha value is -2.01. The Morgan fingerprint density at radius 3 is 2.63 bits per heavy atom. The SMILES string of the molecule is CC(C)(C)NC(=O)CN=C(NCc1cccs1)Nc1ccc2c(c1)OCCCO2.I. The summed E-state index contributed by atoms with van der Waals surface area (Å²) >= 11 is 1.66. The minimum absolute atomic E-state index is 0. The molecule has 3 N–H and O–H groups in total. The van der Waals surface area contributed by atoms with E-state index in [1.807, 2.05) is 50.4 Å². The predicted octanol–water partition coefficient (Wildman–Crippen LogP) is 4.00. The van der Waals surface area contributed by atoms with Crippen LogP contribution < -0.4 is 25.4 Å². The second-order valence-electron chi connectivity index (χ2n) is 7.73. The van der Waals surface area contributed by atoms with Crippen LogP contribution in [0.5, 0.6) is 11.5 Å². The quantitative estimate of drug-likeness (QED) is 0.301. The van der Waals surface area contributed by atoms with Crippen LogP contribution in [0, 0.1) is 0 Å². The van der Waals surface area contributed by atoms with Gasteiger partial charge < -0.3 is 25.4 Å². The Balaban J connectivity index is 0.00000320. The third kappa shape index (κ3) is 8.02. The first-order valence-corrected chi connectivity index (χ1v) is 10.6. The lowest BCUT2D eigenvalue weighted by Gasteiger charge is -2.20. The number of hydrogen-bond acceptors (Lipinski definition) is 5. The fourth-order valence-electron chi connectivity index (χ4n) is 2.71. The number of halogens is 1. The van der Waals surface area contributed by atoms with Gasteiger partial charge in [0.25, 0.3) is 0 Å². The Bertz CT molecular complexity index is 850. The van der Waals surface area contributed by atoms with Crippen molar-refractivity contribution in [2.75, 3.05) is 25.1 Å². The molecule has 0 saturated heterocycles. The number of amides is 1. The van der Waals surface area contributed by atoms with Crippen molar-refractivity contribution in [3.63, 3.8) is 0 Å². The first kappa shape index (κ1) is 24.3. The second kappa shape index (κ2) is 11.4. The number of aliphatic imine (C=N–C) groups is 1. The smallest absolute Gasteiger partial charge is 0.242 e. The summed E-state index contributed by atoms with van der Waals surface area (Å²) < 4.78 is 11.4. The van der Waals surface area contributed by atoms with Crippen LogP contribution in [0.1, 0.15) is 32.1 Å². The van der Waals surface area contributed by atoms with Gasteiger partial charge in [-0.25, -0.2) is 4.99 Å². The Morgan fingerprint density at radius 2 is 1.93 bits per heavy atom. The van der Waals surface area contributed by atoms with Crippen molar-refractivity contribution in [3.8, 4) is 11.5 Å². The fourth-order valence-corrected chi connectivity index (χ4v) is 3.35. The molecule has 2 aromatic rings. The van der Waals surface area contributed by atoms with E-state index in [1.54, 1.807) is 11.3 Å². The van der Waals surface area contributed by atoms with E-state index in [4.69, 9.17) is 9.47 Å². The van der Waals surface area contributed by atoms with Crippen molar-refractivity contribution in [2.24, 2.45) is 4.99 Å². The van der Waals surface area contributed by atoms with Crippen molar-refractivity contribution in [2.45, 2.75) is 39.3 Å². The number of hydrogen-bond donors (Lipinski definition) is 3. The van der Waals surface area contributed by atoms with Crippen LogP contribution >= 0.6 is 35.3 Å². The molecule has 0 fully saturated rings. The number of anilines is 1. The van der Waals surface area contributed by atoms with E-state index in [9.17, 15) is 4.79 Å². The number of nitrogens with zero attached hydrogens (tertiary/aromatic N) is 1. The molecule has 0 atom stereocenters. The third-order valence-corrected chi connectivity index (χ3v) is 4.79. The summed E-state index contributed by atoms with van der Waals surface area (Å²) in [5, 5.41) is 11.5. The Kier molecular flexibility index (Phi) is 9.22. The molecule has 0 spiro atoms. The largest absolute Gasteiger partial charge is 0.490 e. The number of carbonyl (C=O) groups excluding carboxylic acids is 1. The number of fused-ring (bicyclic) bond motifs is 1. The summed E-state index contributed by atoms with van der Waals surface area (Å²) in [5.74, 6) is 1.84. The zero-order valence-electron chi connectivity index (χ0n) is 17.5. The summed E-state index contributed by atoms with van der Waals surface area (Å²) in [5.41, 5.74) is 0.516. The molecule has 9 heteroatoms. The van der Waals surface area contributed by atoms with Crippen molar-refractivity contribution in [3.05, 3.63) is 40.6 Å². The van der Waals surface area contributed by atoms with E-state index >= 15 is 0 Å². The fraction of sp³-hybridized carbons (Fsp3) is 0.429. The first-order chi connectivity index (χ1) is 13.9. The zero-order valence-corrected chi connectivity index (χ0v) is 20.6. The van der Waals surface area contributed by atoms with Crippen LogP contribution in [0.15, 0.2) is 40.7 Å². The van der Waals surface area contributed by atoms with Gasteiger partial charge in [0, 0.05) is 28.6 Å². The summed E-state index contributed by atoms with van der Waals surface area (Å²) in [7, 11) is 0. The van der Waals surface area contributed by atoms with Crippen molar-refractivity contribution in [1.29, 1.82) is 0 Å². The average molecular weight is 544 g/mol. The molecule has 0 radical (unpaired) electrons. The summed E-state index contributed by atoms with van der Waals surface area (Å²) in [6, 6.07) is 9.73. The number of ether oxygens (including phenoxy) is 2. The average Bonchev–Trinajstić information content (AvgIpc) is 3.06. The highest BCUT2D eigenvalue weighted by molar-refractivity contribution is 14.0. The molecule has 1 amide bonds. The lowest BCUT2D eigenvalue weighted by molar-refractivity contribution is -0.121. The predicted molar refractivity (Wildman–Crippen MR) is 132 cm³/mol. The van der Waals surface area contributed by atoms with Crippen LogP contribution in [-0.4, -0.2) is 37.2 Å². The van der Waals surface area contributed by atoms with E-state index in [2.05, 4.69) is 27.0 Å². The van der Waals surface area contributed by atoms with E-state index in [-0.39, 0.29) is 42.0 Å². The van der Waals surface area contributed by atoms with E-state index in [1.165, 1.54) is 4.88 Å². The number of benzene rings is 1. The van der Waals surface area contributed by atoms with Gasteiger partial charge in [-0.2, -0.15) is 0 Å². The number of nitrogens with one attached hydrogen (secondary N) is 3. The lowest BCUT2D eigenvalue weighted by atomic mass is 10.1. The topological polar surface area (TPSA) is 84.0 Å². The second-order valence-corrected chi connectivity index (χ2v) is 8.77. The van der Waals surface area contributed by atoms with E-state index < -0.39 is 0 Å². The van der Waals surface area contributed by atoms with Gasteiger partial charge in [-0.1, -0.05) is 6.07 Å². The molecule has 2 heterocycles. The van der Waals surface area contributed by atoms with Crippen LogP contribution in [0.3, 0.4) is 0 Å². The molecular weight excluding hydrogens is 515 g/mol. The zero-order chi connectivity index (χ0) is 20.7. The van der Waals surface area contributed by atoms with Gasteiger partial charge in [-0.05, 0) is 44.4 Å². The van der Waals surface area contributed by atoms with E-state index in [0.29, 0.717) is 31.5 Å². The van der Waals surface area contributed by atoms with Gasteiger partial charge in [-0.15, -0.1) is 35.3 Å². The van der Waals surface area contributed by atoms with Crippen LogP contribution in [-0.2, 0) is 11.3 Å². The maximum absolute atomic E-state index is 12.2. The van der Waals surface area contributed by atoms with Crippen molar-refractivity contribution >= 4 is 52.9 Å². The third-order valence-electron chi connectivity index (χ3n) is 3.92. The van der Waals surface area contributed by atoms with Crippen molar-refractivity contribution in [1.82, 2.24) is 10.6 Å². The molecule has 1 aromatic heterocycles. The molecule has 30 heavy (non-hydrogen) atoms. The van der Waals surface area contributed by atoms with Crippen LogP contribution in [0.25, 0.3) is 0 Å². The van der Waals surface area contributed by atoms with Gasteiger partial charge in [0.1, 0.15) is 6.54 Å². The van der Waals surface area contributed by atoms with Gasteiger partial charge in [0.15, 0.2) is 17.5 Å². The molecule has 1 aliphatic rings. The molecule has 0 bridgehead atoms. The minimum atomic E-state index is -0.293. The molecule has 1 aromatic carbocycles. The molecule has 3 rings (SSSR count). The minimum Gasteiger partial charge on any atom is -0.490 e. The normalized spacial score (nSPS) is 13.6. The highest BCUT2D eigenvalue weighted by Crippen LogP contribution is 2.32. The maximum atomic E-state index is 12.2. The van der Waals surface area contributed by atoms with Crippen LogP contribution in [0.4, 0.5) is 5.69 Å². The highest BCUT2D eigenvalue weighted by atomic mass is 127. The molecule has 1 aliphatic heterocycles. The summed E-state index contributed by atoms with van der Waals surface area (Å²) in [6.07, 6.45) is 0.857. The number of thiophene rings is 1. The molecule has 164 valence electrons. The number of carbonyl (C=O) groups is 1. The van der Waals surface area contributed by atoms with Crippen LogP contribution in [0.2, 0.25) is 0 Å². The standard InChI is InChI=1S/C21H28N4O3S.HI/c1-21(2,3)25-19(26)14-23-20(22-13-16-6-4-11-29-16)24-15-7-8-17-18(12-15)28-10-5-9-27-17;/h4,6-8,11-12H,5,9-10,13-14H2,1-3H3,(H,25,26)(H2,22,23,24);1H. The molecule has 0 saturated carbocycles. The van der Waals surface area contributed by atoms with Gasteiger partial charge in [-0.3, -0.25) is 4.79 Å². The van der Waals surface area contributed by atoms with E-state index in [0.717, 1.165) is 17.9 Å². The Morgan fingerprint density at radius 1 is 1.17 bits per heavy atom. The van der Waals surface area contributed by atoms with Gasteiger partial charge in [0.2, 0.25) is 5.91 Å². The number of rotatable bonds is 5. The molecule has 0 aliphatic carbocycles. The molecule has 0 unspecified atom stereocenters. The Labute approximate surface area is 198 Å². The first-order valence-electron chi connectivity index (χ1n) is 9.67. The van der Waals surface area contributed by atoms with Crippen molar-refractivity contribution < 1.29 is 14.3 Å². The molecule has 7 nitrogen and oxygen atoms in total.